The fourth-order valence-corrected chi connectivity index (χ4v) is 3.08. The van der Waals surface area contributed by atoms with Crippen molar-refractivity contribution in [3.8, 4) is 0 Å². The molecule has 2 heterocycles. The maximum absolute atomic E-state index is 5.33. The van der Waals surface area contributed by atoms with Crippen LogP contribution in [0.5, 0.6) is 0 Å². The van der Waals surface area contributed by atoms with E-state index in [2.05, 4.69) is 31.0 Å². The topological polar surface area (TPSA) is 28.4 Å². The summed E-state index contributed by atoms with van der Waals surface area (Å²) < 4.78 is 5.33. The van der Waals surface area contributed by atoms with Crippen molar-refractivity contribution < 1.29 is 4.42 Å². The van der Waals surface area contributed by atoms with E-state index in [1.165, 1.54) is 19.5 Å². The molecule has 3 atom stereocenters. The number of nitrogens with one attached hydrogen (secondary N) is 1. The highest BCUT2D eigenvalue weighted by Crippen LogP contribution is 2.20. The van der Waals surface area contributed by atoms with E-state index in [1.807, 2.05) is 12.1 Å². The fraction of sp³-hybridized carbons (Fsp3) is 0.733. The van der Waals surface area contributed by atoms with Crippen molar-refractivity contribution in [1.82, 2.24) is 10.2 Å². The highest BCUT2D eigenvalue weighted by atomic mass is 16.3. The van der Waals surface area contributed by atoms with Gasteiger partial charge in [-0.2, -0.15) is 0 Å². The van der Waals surface area contributed by atoms with Gasteiger partial charge in [0.05, 0.1) is 12.8 Å². The molecule has 0 spiro atoms. The van der Waals surface area contributed by atoms with E-state index in [9.17, 15) is 0 Å². The molecule has 102 valence electrons. The molecule has 1 aromatic rings. The molecule has 3 unspecified atom stereocenters. The normalized spacial score (nSPS) is 27.3. The maximum Gasteiger partial charge on any atom is 0.117 e. The molecule has 0 aliphatic carbocycles. The minimum atomic E-state index is 0.507. The second-order valence-electron chi connectivity index (χ2n) is 6.03. The summed E-state index contributed by atoms with van der Waals surface area (Å²) >= 11 is 0. The largest absolute Gasteiger partial charge is 0.468 e. The molecule has 0 radical (unpaired) electrons. The molecule has 3 nitrogen and oxygen atoms in total. The van der Waals surface area contributed by atoms with E-state index in [4.69, 9.17) is 4.42 Å². The van der Waals surface area contributed by atoms with E-state index in [0.717, 1.165) is 30.7 Å². The Bertz CT molecular complexity index is 326. The molecule has 1 aliphatic heterocycles. The molecular weight excluding hydrogens is 224 g/mol. The highest BCUT2D eigenvalue weighted by Gasteiger charge is 2.22. The van der Waals surface area contributed by atoms with Crippen LogP contribution in [0.4, 0.5) is 0 Å². The summed E-state index contributed by atoms with van der Waals surface area (Å²) in [4.78, 5) is 2.60. The molecule has 0 bridgehead atoms. The molecule has 1 saturated heterocycles. The van der Waals surface area contributed by atoms with Crippen LogP contribution >= 0.6 is 0 Å². The van der Waals surface area contributed by atoms with Crippen molar-refractivity contribution in [1.29, 1.82) is 0 Å². The van der Waals surface area contributed by atoms with Gasteiger partial charge < -0.3 is 14.6 Å². The van der Waals surface area contributed by atoms with Gasteiger partial charge in [0.2, 0.25) is 0 Å². The molecule has 1 aromatic heterocycles. The summed E-state index contributed by atoms with van der Waals surface area (Å²) in [6.45, 7) is 11.4. The van der Waals surface area contributed by atoms with Gasteiger partial charge in [0, 0.05) is 25.7 Å². The minimum Gasteiger partial charge on any atom is -0.468 e. The Kier molecular flexibility index (Phi) is 4.84. The molecule has 3 heteroatoms. The van der Waals surface area contributed by atoms with E-state index < -0.39 is 0 Å². The zero-order valence-electron chi connectivity index (χ0n) is 11.9. The Morgan fingerprint density at radius 3 is 2.72 bits per heavy atom. The number of nitrogens with zero attached hydrogens (tertiary/aromatic N) is 1. The summed E-state index contributed by atoms with van der Waals surface area (Å²) in [5.74, 6) is 2.69. The van der Waals surface area contributed by atoms with Crippen molar-refractivity contribution in [2.24, 2.45) is 11.8 Å². The first kappa shape index (κ1) is 13.6. The highest BCUT2D eigenvalue weighted by molar-refractivity contribution is 4.97. The first-order valence-corrected chi connectivity index (χ1v) is 7.11. The molecule has 0 saturated carbocycles. The molecular formula is C15H26N2O. The van der Waals surface area contributed by atoms with Gasteiger partial charge in [-0.05, 0) is 37.3 Å². The van der Waals surface area contributed by atoms with Crippen LogP contribution in [0, 0.1) is 11.8 Å². The van der Waals surface area contributed by atoms with Gasteiger partial charge in [0.25, 0.3) is 0 Å². The lowest BCUT2D eigenvalue weighted by Crippen LogP contribution is -2.45. The molecule has 1 fully saturated rings. The zero-order valence-corrected chi connectivity index (χ0v) is 11.9. The average molecular weight is 250 g/mol. The van der Waals surface area contributed by atoms with Gasteiger partial charge >= 0.3 is 0 Å². The number of hydrogen-bond donors (Lipinski definition) is 1. The van der Waals surface area contributed by atoms with Gasteiger partial charge in [-0.15, -0.1) is 0 Å². The Morgan fingerprint density at radius 2 is 2.11 bits per heavy atom. The molecule has 1 N–H and O–H groups in total. The van der Waals surface area contributed by atoms with Crippen molar-refractivity contribution in [2.45, 2.75) is 39.8 Å². The Labute approximate surface area is 111 Å². The molecule has 0 aromatic carbocycles. The monoisotopic (exact) mass is 250 g/mol. The predicted octanol–water partition coefficient (Wildman–Crippen LogP) is 2.74. The smallest absolute Gasteiger partial charge is 0.117 e. The third kappa shape index (κ3) is 4.14. The molecule has 1 aliphatic rings. The fourth-order valence-electron chi connectivity index (χ4n) is 3.08. The quantitative estimate of drug-likeness (QED) is 0.871. The maximum atomic E-state index is 5.33. The number of likely N-dealkylation sites (tertiary alicyclic amines) is 1. The van der Waals surface area contributed by atoms with Crippen molar-refractivity contribution in [3.05, 3.63) is 24.2 Å². The first-order chi connectivity index (χ1) is 8.63. The van der Waals surface area contributed by atoms with Crippen LogP contribution in [0.1, 0.15) is 33.0 Å². The van der Waals surface area contributed by atoms with E-state index >= 15 is 0 Å². The Hall–Kier alpha value is -0.800. The van der Waals surface area contributed by atoms with E-state index in [0.29, 0.717) is 6.04 Å². The van der Waals surface area contributed by atoms with Gasteiger partial charge in [0.1, 0.15) is 5.76 Å². The minimum absolute atomic E-state index is 0.507. The summed E-state index contributed by atoms with van der Waals surface area (Å²) in [5.41, 5.74) is 0. The molecule has 18 heavy (non-hydrogen) atoms. The molecule has 0 amide bonds. The van der Waals surface area contributed by atoms with Crippen molar-refractivity contribution in [2.75, 3.05) is 19.6 Å². The van der Waals surface area contributed by atoms with E-state index in [1.54, 1.807) is 6.26 Å². The second-order valence-corrected chi connectivity index (χ2v) is 6.03. The lowest BCUT2D eigenvalue weighted by Gasteiger charge is -2.36. The van der Waals surface area contributed by atoms with Crippen LogP contribution in [0.3, 0.4) is 0 Å². The summed E-state index contributed by atoms with van der Waals surface area (Å²) in [5, 5.41) is 3.53. The molecule has 2 rings (SSSR count). The lowest BCUT2D eigenvalue weighted by atomic mass is 9.92. The predicted molar refractivity (Wildman–Crippen MR) is 74.4 cm³/mol. The number of furan rings is 1. The summed E-state index contributed by atoms with van der Waals surface area (Å²) in [6, 6.07) is 4.47. The van der Waals surface area contributed by atoms with Gasteiger partial charge in [-0.25, -0.2) is 0 Å². The number of piperidine rings is 1. The third-order valence-electron chi connectivity index (χ3n) is 3.68. The number of rotatable bonds is 5. The average Bonchev–Trinajstić information content (AvgIpc) is 2.77. The van der Waals surface area contributed by atoms with Crippen LogP contribution < -0.4 is 5.32 Å². The third-order valence-corrected chi connectivity index (χ3v) is 3.68. The van der Waals surface area contributed by atoms with Gasteiger partial charge in [-0.3, -0.25) is 0 Å². The van der Waals surface area contributed by atoms with Crippen LogP contribution in [-0.2, 0) is 6.54 Å². The first-order valence-electron chi connectivity index (χ1n) is 7.11. The van der Waals surface area contributed by atoms with E-state index in [-0.39, 0.29) is 0 Å². The van der Waals surface area contributed by atoms with Crippen LogP contribution in [0.25, 0.3) is 0 Å². The number of hydrogen-bond acceptors (Lipinski definition) is 3. The zero-order chi connectivity index (χ0) is 13.0. The summed E-state index contributed by atoms with van der Waals surface area (Å²) in [7, 11) is 0. The van der Waals surface area contributed by atoms with Crippen LogP contribution in [-0.4, -0.2) is 30.6 Å². The van der Waals surface area contributed by atoms with Gasteiger partial charge in [0.15, 0.2) is 0 Å². The van der Waals surface area contributed by atoms with Crippen LogP contribution in [0.2, 0.25) is 0 Å². The standard InChI is InChI=1S/C15H26N2O/c1-12-7-13(2)10-17(9-12)11-14(3)16-8-15-5-4-6-18-15/h4-6,12-14,16H,7-11H2,1-3H3. The van der Waals surface area contributed by atoms with Crippen molar-refractivity contribution >= 4 is 0 Å². The van der Waals surface area contributed by atoms with Crippen molar-refractivity contribution in [3.63, 3.8) is 0 Å². The second kappa shape index (κ2) is 6.39. The summed E-state index contributed by atoms with van der Waals surface area (Å²) in [6.07, 6.45) is 3.11. The van der Waals surface area contributed by atoms with Crippen LogP contribution in [0.15, 0.2) is 22.8 Å². The lowest BCUT2D eigenvalue weighted by molar-refractivity contribution is 0.130. The Balaban J connectivity index is 1.71. The Morgan fingerprint density at radius 1 is 1.39 bits per heavy atom. The SMILES string of the molecule is CC1CC(C)CN(CC(C)NCc2ccco2)C1. The van der Waals surface area contributed by atoms with Gasteiger partial charge in [-0.1, -0.05) is 13.8 Å².